The maximum absolute atomic E-state index is 14.4. The van der Waals surface area contributed by atoms with Crippen molar-refractivity contribution in [1.29, 1.82) is 0 Å². The number of aromatic nitrogens is 3. The van der Waals surface area contributed by atoms with E-state index in [0.29, 0.717) is 17.1 Å². The molecular formula is C17H15FN6O3. The number of hydrogen-bond acceptors (Lipinski definition) is 6. The fraction of sp³-hybridized carbons (Fsp3) is 0.118. The van der Waals surface area contributed by atoms with E-state index in [0.717, 1.165) is 12.3 Å². The van der Waals surface area contributed by atoms with Crippen LogP contribution in [0, 0.1) is 22.9 Å². The van der Waals surface area contributed by atoms with Crippen LogP contribution in [0.2, 0.25) is 0 Å². The first-order valence-corrected chi connectivity index (χ1v) is 7.83. The number of anilines is 1. The molecule has 0 atom stereocenters. The summed E-state index contributed by atoms with van der Waals surface area (Å²) in [6.07, 6.45) is 4.25. The fourth-order valence-corrected chi connectivity index (χ4v) is 2.56. The summed E-state index contributed by atoms with van der Waals surface area (Å²) >= 11 is 0. The van der Waals surface area contributed by atoms with E-state index in [-0.39, 0.29) is 23.6 Å². The topological polar surface area (TPSA) is 129 Å². The minimum Gasteiger partial charge on any atom is -0.365 e. The molecule has 2 aromatic heterocycles. The molecule has 0 fully saturated rings. The summed E-state index contributed by atoms with van der Waals surface area (Å²) in [7, 11) is 0. The van der Waals surface area contributed by atoms with Gasteiger partial charge in [0.15, 0.2) is 0 Å². The van der Waals surface area contributed by atoms with Crippen molar-refractivity contribution in [3.8, 4) is 5.69 Å². The molecular weight excluding hydrogens is 355 g/mol. The molecule has 0 aliphatic carbocycles. The highest BCUT2D eigenvalue weighted by Gasteiger charge is 2.16. The average molecular weight is 370 g/mol. The van der Waals surface area contributed by atoms with Gasteiger partial charge in [-0.25, -0.2) is 14.4 Å². The van der Waals surface area contributed by atoms with Crippen LogP contribution in [0.15, 0.2) is 42.9 Å². The van der Waals surface area contributed by atoms with Gasteiger partial charge in [-0.1, -0.05) is 6.07 Å². The molecule has 3 aromatic rings. The monoisotopic (exact) mass is 370 g/mol. The third kappa shape index (κ3) is 3.73. The second-order valence-electron chi connectivity index (χ2n) is 5.69. The molecule has 0 radical (unpaired) electrons. The molecule has 0 unspecified atom stereocenters. The molecule has 138 valence electrons. The van der Waals surface area contributed by atoms with E-state index >= 15 is 0 Å². The van der Waals surface area contributed by atoms with Crippen molar-refractivity contribution >= 4 is 17.4 Å². The highest BCUT2D eigenvalue weighted by molar-refractivity contribution is 5.98. The smallest absolute Gasteiger partial charge is 0.288 e. The Kier molecular flexibility index (Phi) is 4.79. The van der Waals surface area contributed by atoms with Crippen molar-refractivity contribution in [3.63, 3.8) is 0 Å². The second-order valence-corrected chi connectivity index (χ2v) is 5.69. The minimum absolute atomic E-state index is 0.0861. The number of imidazole rings is 1. The van der Waals surface area contributed by atoms with Crippen LogP contribution in [0.5, 0.6) is 0 Å². The number of carbonyl (C=O) groups excluding carboxylic acids is 1. The molecule has 0 aliphatic rings. The minimum atomic E-state index is -0.856. The zero-order chi connectivity index (χ0) is 19.6. The van der Waals surface area contributed by atoms with Gasteiger partial charge >= 0.3 is 0 Å². The zero-order valence-corrected chi connectivity index (χ0v) is 14.2. The van der Waals surface area contributed by atoms with Gasteiger partial charge < -0.3 is 15.6 Å². The summed E-state index contributed by atoms with van der Waals surface area (Å²) < 4.78 is 16.0. The molecule has 1 aromatic carbocycles. The van der Waals surface area contributed by atoms with Crippen LogP contribution >= 0.6 is 0 Å². The Bertz CT molecular complexity index is 1030. The average Bonchev–Trinajstić information content (AvgIpc) is 3.05. The normalized spacial score (nSPS) is 10.6. The fourth-order valence-electron chi connectivity index (χ4n) is 2.56. The predicted octanol–water partition coefficient (Wildman–Crippen LogP) is 2.33. The van der Waals surface area contributed by atoms with E-state index in [1.807, 2.05) is 0 Å². The largest absolute Gasteiger partial charge is 0.365 e. The van der Waals surface area contributed by atoms with Gasteiger partial charge in [-0.15, -0.1) is 0 Å². The zero-order valence-electron chi connectivity index (χ0n) is 14.2. The van der Waals surface area contributed by atoms with Crippen LogP contribution in [0.25, 0.3) is 5.69 Å². The number of halogens is 1. The van der Waals surface area contributed by atoms with Crippen molar-refractivity contribution < 1.29 is 14.1 Å². The molecule has 0 aliphatic heterocycles. The van der Waals surface area contributed by atoms with Crippen molar-refractivity contribution in [2.75, 3.05) is 5.32 Å². The molecule has 27 heavy (non-hydrogen) atoms. The van der Waals surface area contributed by atoms with Crippen LogP contribution < -0.4 is 11.1 Å². The molecule has 0 bridgehead atoms. The van der Waals surface area contributed by atoms with Crippen molar-refractivity contribution in [1.82, 2.24) is 14.5 Å². The lowest BCUT2D eigenvalue weighted by atomic mass is 10.1. The molecule has 0 saturated heterocycles. The third-order valence-corrected chi connectivity index (χ3v) is 3.91. The Morgan fingerprint density at radius 1 is 1.37 bits per heavy atom. The van der Waals surface area contributed by atoms with Gasteiger partial charge in [0.25, 0.3) is 11.6 Å². The van der Waals surface area contributed by atoms with E-state index in [1.54, 1.807) is 36.0 Å². The van der Waals surface area contributed by atoms with Gasteiger partial charge in [0, 0.05) is 25.0 Å². The van der Waals surface area contributed by atoms with E-state index in [2.05, 4.69) is 15.3 Å². The molecule has 0 saturated carbocycles. The van der Waals surface area contributed by atoms with Crippen molar-refractivity contribution in [3.05, 3.63) is 75.7 Å². The lowest BCUT2D eigenvalue weighted by molar-refractivity contribution is -0.385. The Labute approximate surface area is 152 Å². The lowest BCUT2D eigenvalue weighted by Gasteiger charge is -2.11. The number of amides is 1. The highest BCUT2D eigenvalue weighted by Crippen LogP contribution is 2.21. The van der Waals surface area contributed by atoms with Crippen LogP contribution in [0.3, 0.4) is 0 Å². The summed E-state index contributed by atoms with van der Waals surface area (Å²) in [5.41, 5.74) is 5.74. The summed E-state index contributed by atoms with van der Waals surface area (Å²) in [5, 5.41) is 13.7. The summed E-state index contributed by atoms with van der Waals surface area (Å²) in [5.74, 6) is -0.558. The second kappa shape index (κ2) is 7.20. The number of nitrogens with one attached hydrogen (secondary N) is 1. The van der Waals surface area contributed by atoms with Gasteiger partial charge in [-0.2, -0.15) is 0 Å². The summed E-state index contributed by atoms with van der Waals surface area (Å²) in [6, 6.07) is 5.71. The van der Waals surface area contributed by atoms with Gasteiger partial charge in [-0.3, -0.25) is 14.9 Å². The first-order chi connectivity index (χ1) is 12.9. The van der Waals surface area contributed by atoms with Crippen molar-refractivity contribution in [2.45, 2.75) is 13.5 Å². The molecule has 0 spiro atoms. The number of nitrogens with two attached hydrogens (primary N) is 1. The number of rotatable bonds is 6. The molecule has 2 heterocycles. The van der Waals surface area contributed by atoms with Crippen LogP contribution in [-0.2, 0) is 6.54 Å². The maximum Gasteiger partial charge on any atom is 0.288 e. The number of primary amides is 1. The quantitative estimate of drug-likeness (QED) is 0.506. The molecule has 10 heteroatoms. The van der Waals surface area contributed by atoms with Gasteiger partial charge in [-0.05, 0) is 24.6 Å². The lowest BCUT2D eigenvalue weighted by Crippen LogP contribution is -2.16. The predicted molar refractivity (Wildman–Crippen MR) is 95.0 cm³/mol. The number of carbonyl (C=O) groups is 1. The Morgan fingerprint density at radius 2 is 2.15 bits per heavy atom. The van der Waals surface area contributed by atoms with E-state index in [1.165, 1.54) is 6.07 Å². The Hall–Kier alpha value is -3.82. The van der Waals surface area contributed by atoms with Gasteiger partial charge in [0.05, 0.1) is 16.2 Å². The van der Waals surface area contributed by atoms with Gasteiger partial charge in [0.2, 0.25) is 0 Å². The Balaban J connectivity index is 1.81. The SMILES string of the molecule is Cc1nccn1-c1ccc(CNc2ncc([N+](=O)[O-])cc2C(N)=O)cc1F. The number of nitro groups is 1. The highest BCUT2D eigenvalue weighted by atomic mass is 19.1. The van der Waals surface area contributed by atoms with E-state index in [9.17, 15) is 19.3 Å². The molecule has 3 N–H and O–H groups in total. The first kappa shape index (κ1) is 18.0. The van der Waals surface area contributed by atoms with E-state index < -0.39 is 16.6 Å². The number of benzene rings is 1. The first-order valence-electron chi connectivity index (χ1n) is 7.83. The number of nitrogens with zero attached hydrogens (tertiary/aromatic N) is 4. The molecule has 9 nitrogen and oxygen atoms in total. The van der Waals surface area contributed by atoms with E-state index in [4.69, 9.17) is 5.73 Å². The third-order valence-electron chi connectivity index (χ3n) is 3.91. The molecule has 3 rings (SSSR count). The number of pyridine rings is 1. The van der Waals surface area contributed by atoms with Crippen LogP contribution in [-0.4, -0.2) is 25.4 Å². The van der Waals surface area contributed by atoms with Crippen LogP contribution in [0.4, 0.5) is 15.9 Å². The van der Waals surface area contributed by atoms with Gasteiger partial charge in [0.1, 0.15) is 23.7 Å². The summed E-state index contributed by atoms with van der Waals surface area (Å²) in [4.78, 5) is 29.6. The van der Waals surface area contributed by atoms with Crippen molar-refractivity contribution in [2.24, 2.45) is 5.73 Å². The maximum atomic E-state index is 14.4. The van der Waals surface area contributed by atoms with Crippen LogP contribution in [0.1, 0.15) is 21.7 Å². The number of hydrogen-bond donors (Lipinski definition) is 2. The standard InChI is InChI=1S/C17H15FN6O3/c1-10-20-4-5-23(10)15-3-2-11(6-14(15)18)8-21-17-13(16(19)25)7-12(9-22-17)24(26)27/h2-7,9H,8H2,1H3,(H2,19,25)(H,21,22). The summed E-state index contributed by atoms with van der Waals surface area (Å²) in [6.45, 7) is 1.91. The number of aryl methyl sites for hydroxylation is 1. The Morgan fingerprint density at radius 3 is 2.74 bits per heavy atom. The molecule has 1 amide bonds.